The fourth-order valence-electron chi connectivity index (χ4n) is 3.08. The van der Waals surface area contributed by atoms with Gasteiger partial charge in [-0.3, -0.25) is 9.69 Å². The van der Waals surface area contributed by atoms with Gasteiger partial charge in [-0.25, -0.2) is 0 Å². The molecule has 0 aromatic heterocycles. The minimum Gasteiger partial charge on any atom is -0.508 e. The van der Waals surface area contributed by atoms with Crippen molar-refractivity contribution in [3.63, 3.8) is 0 Å². The summed E-state index contributed by atoms with van der Waals surface area (Å²) in [5, 5.41) is 18.7. The molecule has 0 fully saturated rings. The minimum atomic E-state index is -0.714. The first-order chi connectivity index (χ1) is 11.5. The average molecular weight is 322 g/mol. The molecule has 1 amide bonds. The molecule has 1 unspecified atom stereocenters. The lowest BCUT2D eigenvalue weighted by Gasteiger charge is -2.33. The molecular weight excluding hydrogens is 304 g/mol. The van der Waals surface area contributed by atoms with Crippen molar-refractivity contribution in [2.75, 3.05) is 11.4 Å². The van der Waals surface area contributed by atoms with Crippen molar-refractivity contribution in [2.45, 2.75) is 26.4 Å². The summed E-state index contributed by atoms with van der Waals surface area (Å²) in [4.78, 5) is 14.1. The Bertz CT molecular complexity index is 819. The number of carbonyl (C=O) groups is 1. The fourth-order valence-corrected chi connectivity index (χ4v) is 3.08. The lowest BCUT2D eigenvalue weighted by Crippen LogP contribution is -2.47. The Morgan fingerprint density at radius 3 is 2.58 bits per heavy atom. The minimum absolute atomic E-state index is 0.0523. The molecule has 0 aliphatic carbocycles. The van der Waals surface area contributed by atoms with E-state index in [1.165, 1.54) is 17.0 Å². The second-order valence-corrected chi connectivity index (χ2v) is 6.04. The molecule has 5 nitrogen and oxygen atoms in total. The van der Waals surface area contributed by atoms with Gasteiger partial charge in [-0.1, -0.05) is 29.3 Å². The number of aryl methyl sites for hydroxylation is 2. The van der Waals surface area contributed by atoms with Crippen LogP contribution in [0.1, 0.15) is 16.7 Å². The third-order valence-electron chi connectivity index (χ3n) is 3.98. The summed E-state index contributed by atoms with van der Waals surface area (Å²) in [7, 11) is 0. The third kappa shape index (κ3) is 3.04. The molecular formula is C19H18N2O3. The number of fused-ring (bicyclic) bond motifs is 1. The standard InChI is InChI=1S/C19H18N2O3/c1-12-7-13(2)9-14(8-12)10-18-19(23)21(6-5-20)16-4-3-15(22)11-17(16)24-18/h3-4,7-9,11,18,22H,6,10H2,1-2H3. The monoisotopic (exact) mass is 322 g/mol. The summed E-state index contributed by atoms with van der Waals surface area (Å²) in [6.07, 6.45) is -0.299. The van der Waals surface area contributed by atoms with Crippen molar-refractivity contribution in [3.05, 3.63) is 53.1 Å². The Morgan fingerprint density at radius 1 is 1.21 bits per heavy atom. The lowest BCUT2D eigenvalue weighted by atomic mass is 10.0. The Morgan fingerprint density at radius 2 is 1.92 bits per heavy atom. The molecule has 2 aromatic rings. The number of rotatable bonds is 3. The zero-order chi connectivity index (χ0) is 17.3. The summed E-state index contributed by atoms with van der Waals surface area (Å²) >= 11 is 0. The van der Waals surface area contributed by atoms with Crippen molar-refractivity contribution in [2.24, 2.45) is 0 Å². The molecule has 0 bridgehead atoms. The quantitative estimate of drug-likeness (QED) is 0.882. The summed E-state index contributed by atoms with van der Waals surface area (Å²) < 4.78 is 5.82. The van der Waals surface area contributed by atoms with E-state index in [9.17, 15) is 9.90 Å². The Kier molecular flexibility index (Phi) is 4.13. The first-order valence-corrected chi connectivity index (χ1v) is 7.73. The zero-order valence-electron chi connectivity index (χ0n) is 13.6. The van der Waals surface area contributed by atoms with E-state index in [-0.39, 0.29) is 18.2 Å². The molecule has 1 N–H and O–H groups in total. The molecule has 0 saturated carbocycles. The molecule has 0 radical (unpaired) electrons. The maximum Gasteiger partial charge on any atom is 0.269 e. The van der Waals surface area contributed by atoms with Gasteiger partial charge in [0, 0.05) is 12.5 Å². The fraction of sp³-hybridized carbons (Fsp3) is 0.263. The van der Waals surface area contributed by atoms with Crippen LogP contribution < -0.4 is 9.64 Å². The van der Waals surface area contributed by atoms with Crippen molar-refractivity contribution >= 4 is 11.6 Å². The van der Waals surface area contributed by atoms with Crippen molar-refractivity contribution in [1.82, 2.24) is 0 Å². The Hall–Kier alpha value is -3.00. The van der Waals surface area contributed by atoms with Crippen LogP contribution in [0, 0.1) is 25.2 Å². The molecule has 1 heterocycles. The second kappa shape index (κ2) is 6.25. The molecule has 1 aliphatic rings. The maximum absolute atomic E-state index is 12.7. The molecule has 5 heteroatoms. The predicted molar refractivity (Wildman–Crippen MR) is 90.1 cm³/mol. The van der Waals surface area contributed by atoms with Gasteiger partial charge in [-0.2, -0.15) is 5.26 Å². The van der Waals surface area contributed by atoms with Gasteiger partial charge in [0.2, 0.25) is 0 Å². The van der Waals surface area contributed by atoms with Crippen molar-refractivity contribution in [3.8, 4) is 17.6 Å². The maximum atomic E-state index is 12.7. The molecule has 2 aromatic carbocycles. The number of amides is 1. The number of hydrogen-bond acceptors (Lipinski definition) is 4. The predicted octanol–water partition coefficient (Wildman–Crippen LogP) is 2.87. The van der Waals surface area contributed by atoms with E-state index >= 15 is 0 Å². The molecule has 24 heavy (non-hydrogen) atoms. The summed E-state index contributed by atoms with van der Waals surface area (Å²) in [5.41, 5.74) is 3.77. The highest BCUT2D eigenvalue weighted by molar-refractivity contribution is 6.00. The van der Waals surface area contributed by atoms with Gasteiger partial charge in [0.05, 0.1) is 11.8 Å². The van der Waals surface area contributed by atoms with Crippen LogP contribution in [-0.4, -0.2) is 23.7 Å². The van der Waals surface area contributed by atoms with E-state index in [0.29, 0.717) is 17.9 Å². The summed E-state index contributed by atoms with van der Waals surface area (Å²) in [6, 6.07) is 12.7. The van der Waals surface area contributed by atoms with Crippen LogP contribution in [0.4, 0.5) is 5.69 Å². The molecule has 3 rings (SSSR count). The molecule has 1 aliphatic heterocycles. The molecule has 1 atom stereocenters. The van der Waals surface area contributed by atoms with Gasteiger partial charge in [0.15, 0.2) is 6.10 Å². The van der Waals surface area contributed by atoms with Gasteiger partial charge in [-0.05, 0) is 31.5 Å². The second-order valence-electron chi connectivity index (χ2n) is 6.04. The van der Waals surface area contributed by atoms with Crippen LogP contribution in [0.5, 0.6) is 11.5 Å². The zero-order valence-corrected chi connectivity index (χ0v) is 13.6. The highest BCUT2D eigenvalue weighted by Gasteiger charge is 2.34. The topological polar surface area (TPSA) is 73.6 Å². The van der Waals surface area contributed by atoms with Gasteiger partial charge in [-0.15, -0.1) is 0 Å². The first kappa shape index (κ1) is 15.9. The van der Waals surface area contributed by atoms with Crippen LogP contribution in [0.2, 0.25) is 0 Å². The van der Waals surface area contributed by atoms with Gasteiger partial charge in [0.25, 0.3) is 5.91 Å². The van der Waals surface area contributed by atoms with Crippen LogP contribution in [0.25, 0.3) is 0 Å². The smallest absolute Gasteiger partial charge is 0.269 e. The number of aromatic hydroxyl groups is 1. The van der Waals surface area contributed by atoms with Crippen LogP contribution in [0.3, 0.4) is 0 Å². The molecule has 0 spiro atoms. The highest BCUT2D eigenvalue weighted by atomic mass is 16.5. The molecule has 122 valence electrons. The largest absolute Gasteiger partial charge is 0.508 e. The van der Waals surface area contributed by atoms with E-state index < -0.39 is 6.10 Å². The number of carbonyl (C=O) groups excluding carboxylic acids is 1. The van der Waals surface area contributed by atoms with Crippen molar-refractivity contribution < 1.29 is 14.6 Å². The van der Waals surface area contributed by atoms with Crippen LogP contribution >= 0.6 is 0 Å². The SMILES string of the molecule is Cc1cc(C)cc(CC2Oc3cc(O)ccc3N(CC#N)C2=O)c1. The van der Waals surface area contributed by atoms with Gasteiger partial charge >= 0.3 is 0 Å². The first-order valence-electron chi connectivity index (χ1n) is 7.73. The number of ether oxygens (including phenoxy) is 1. The van der Waals surface area contributed by atoms with E-state index in [0.717, 1.165) is 16.7 Å². The van der Waals surface area contributed by atoms with Crippen molar-refractivity contribution in [1.29, 1.82) is 5.26 Å². The van der Waals surface area contributed by atoms with E-state index in [1.807, 2.05) is 32.0 Å². The summed E-state index contributed by atoms with van der Waals surface area (Å²) in [5.74, 6) is 0.235. The Labute approximate surface area is 140 Å². The van der Waals surface area contributed by atoms with E-state index in [2.05, 4.69) is 6.07 Å². The van der Waals surface area contributed by atoms with Gasteiger partial charge in [0.1, 0.15) is 18.0 Å². The summed E-state index contributed by atoms with van der Waals surface area (Å²) in [6.45, 7) is 3.97. The number of hydrogen-bond donors (Lipinski definition) is 1. The van der Waals surface area contributed by atoms with Crippen LogP contribution in [-0.2, 0) is 11.2 Å². The normalized spacial score (nSPS) is 16.3. The number of phenols is 1. The van der Waals surface area contributed by atoms with Gasteiger partial charge < -0.3 is 9.84 Å². The lowest BCUT2D eigenvalue weighted by molar-refractivity contribution is -0.126. The van der Waals surface area contributed by atoms with Crippen LogP contribution in [0.15, 0.2) is 36.4 Å². The number of anilines is 1. The highest BCUT2D eigenvalue weighted by Crippen LogP contribution is 2.37. The number of nitriles is 1. The molecule has 0 saturated heterocycles. The Balaban J connectivity index is 1.94. The van der Waals surface area contributed by atoms with E-state index in [1.54, 1.807) is 6.07 Å². The third-order valence-corrected chi connectivity index (χ3v) is 3.98. The number of phenolic OH excluding ortho intramolecular Hbond substituents is 1. The number of benzene rings is 2. The van der Waals surface area contributed by atoms with E-state index in [4.69, 9.17) is 10.00 Å². The number of nitrogens with zero attached hydrogens (tertiary/aromatic N) is 2. The average Bonchev–Trinajstić information content (AvgIpc) is 2.50.